The molecule has 1 aliphatic rings. The first-order valence-corrected chi connectivity index (χ1v) is 9.33. The van der Waals surface area contributed by atoms with Crippen molar-refractivity contribution in [3.05, 3.63) is 40.4 Å². The van der Waals surface area contributed by atoms with Crippen LogP contribution in [0, 0.1) is 0 Å². The largest absolute Gasteiger partial charge is 0.495 e. The second kappa shape index (κ2) is 8.00. The van der Waals surface area contributed by atoms with Gasteiger partial charge in [0.2, 0.25) is 0 Å². The number of nitrogens with one attached hydrogen (secondary N) is 2. The van der Waals surface area contributed by atoms with Crippen LogP contribution in [0.3, 0.4) is 0 Å². The molecular formula is C19H23ClN4O3. The molecule has 8 heteroatoms. The second-order valence-electron chi connectivity index (χ2n) is 6.77. The zero-order valence-corrected chi connectivity index (χ0v) is 16.4. The van der Waals surface area contributed by atoms with Crippen LogP contribution < -0.4 is 15.4 Å². The SMILES string of the molecule is COc1ccc(Cl)cc1NC(=O)c1nc(C(=O)NC(C)C)n2c1CCCC2. The van der Waals surface area contributed by atoms with E-state index in [9.17, 15) is 9.59 Å². The lowest BCUT2D eigenvalue weighted by molar-refractivity contribution is 0.0927. The Morgan fingerprint density at radius 3 is 2.74 bits per heavy atom. The molecule has 0 radical (unpaired) electrons. The summed E-state index contributed by atoms with van der Waals surface area (Å²) < 4.78 is 7.13. The molecule has 2 amide bonds. The van der Waals surface area contributed by atoms with Crippen LogP contribution >= 0.6 is 11.6 Å². The Bertz CT molecular complexity index is 876. The van der Waals surface area contributed by atoms with Gasteiger partial charge in [0.25, 0.3) is 11.8 Å². The highest BCUT2D eigenvalue weighted by Crippen LogP contribution is 2.29. The predicted octanol–water partition coefficient (Wildman–Crippen LogP) is 3.27. The third-order valence-electron chi connectivity index (χ3n) is 4.37. The van der Waals surface area contributed by atoms with E-state index in [0.717, 1.165) is 18.5 Å². The fourth-order valence-corrected chi connectivity index (χ4v) is 3.36. The number of imidazole rings is 1. The Morgan fingerprint density at radius 1 is 1.26 bits per heavy atom. The summed E-state index contributed by atoms with van der Waals surface area (Å²) in [6.45, 7) is 4.45. The minimum absolute atomic E-state index is 0.0120. The minimum Gasteiger partial charge on any atom is -0.495 e. The van der Waals surface area contributed by atoms with Crippen molar-refractivity contribution in [2.75, 3.05) is 12.4 Å². The molecule has 3 rings (SSSR count). The molecular weight excluding hydrogens is 368 g/mol. The summed E-state index contributed by atoms with van der Waals surface area (Å²) in [4.78, 5) is 29.8. The van der Waals surface area contributed by atoms with Crippen molar-refractivity contribution < 1.29 is 14.3 Å². The molecule has 0 saturated heterocycles. The molecule has 0 aliphatic carbocycles. The smallest absolute Gasteiger partial charge is 0.287 e. The van der Waals surface area contributed by atoms with Crippen molar-refractivity contribution in [3.63, 3.8) is 0 Å². The zero-order valence-electron chi connectivity index (χ0n) is 15.6. The van der Waals surface area contributed by atoms with Gasteiger partial charge in [-0.05, 0) is 51.3 Å². The summed E-state index contributed by atoms with van der Waals surface area (Å²) in [7, 11) is 1.52. The number of ether oxygens (including phenoxy) is 1. The number of fused-ring (bicyclic) bond motifs is 1. The molecule has 0 atom stereocenters. The molecule has 2 N–H and O–H groups in total. The highest BCUT2D eigenvalue weighted by molar-refractivity contribution is 6.31. The number of anilines is 1. The van der Waals surface area contributed by atoms with Crippen LogP contribution in [0.5, 0.6) is 5.75 Å². The summed E-state index contributed by atoms with van der Waals surface area (Å²) in [5.41, 5.74) is 1.51. The Morgan fingerprint density at radius 2 is 2.04 bits per heavy atom. The lowest BCUT2D eigenvalue weighted by atomic mass is 10.1. The number of amides is 2. The van der Waals surface area contributed by atoms with Crippen LogP contribution in [0.25, 0.3) is 0 Å². The van der Waals surface area contributed by atoms with Crippen LogP contribution in [-0.4, -0.2) is 34.5 Å². The highest BCUT2D eigenvalue weighted by atomic mass is 35.5. The summed E-state index contributed by atoms with van der Waals surface area (Å²) >= 11 is 6.03. The third-order valence-corrected chi connectivity index (χ3v) is 4.60. The normalized spacial score (nSPS) is 13.2. The van der Waals surface area contributed by atoms with Gasteiger partial charge in [-0.15, -0.1) is 0 Å². The van der Waals surface area contributed by atoms with Crippen molar-refractivity contribution in [1.82, 2.24) is 14.9 Å². The molecule has 0 unspecified atom stereocenters. The average molecular weight is 391 g/mol. The molecule has 1 aliphatic heterocycles. The van der Waals surface area contributed by atoms with Gasteiger partial charge >= 0.3 is 0 Å². The molecule has 2 aromatic rings. The summed E-state index contributed by atoms with van der Waals surface area (Å²) in [5, 5.41) is 6.13. The van der Waals surface area contributed by atoms with Crippen molar-refractivity contribution >= 4 is 29.1 Å². The third kappa shape index (κ3) is 4.08. The number of aromatic nitrogens is 2. The number of methoxy groups -OCH3 is 1. The van der Waals surface area contributed by atoms with E-state index in [-0.39, 0.29) is 29.4 Å². The molecule has 0 bridgehead atoms. The van der Waals surface area contributed by atoms with E-state index in [0.29, 0.717) is 29.4 Å². The molecule has 27 heavy (non-hydrogen) atoms. The lowest BCUT2D eigenvalue weighted by Crippen LogP contribution is -2.33. The maximum Gasteiger partial charge on any atom is 0.287 e. The molecule has 1 aromatic carbocycles. The van der Waals surface area contributed by atoms with E-state index in [4.69, 9.17) is 16.3 Å². The molecule has 1 aromatic heterocycles. The maximum atomic E-state index is 12.9. The van der Waals surface area contributed by atoms with E-state index in [1.54, 1.807) is 18.2 Å². The second-order valence-corrected chi connectivity index (χ2v) is 7.20. The number of halogens is 1. The highest BCUT2D eigenvalue weighted by Gasteiger charge is 2.28. The first-order valence-electron chi connectivity index (χ1n) is 8.96. The first kappa shape index (κ1) is 19.2. The monoisotopic (exact) mass is 390 g/mol. The number of carbonyl (C=O) groups is 2. The Labute approximate surface area is 163 Å². The molecule has 2 heterocycles. The zero-order chi connectivity index (χ0) is 19.6. The molecule has 144 valence electrons. The number of benzene rings is 1. The predicted molar refractivity (Wildman–Crippen MR) is 104 cm³/mol. The van der Waals surface area contributed by atoms with Gasteiger partial charge in [-0.3, -0.25) is 9.59 Å². The molecule has 7 nitrogen and oxygen atoms in total. The van der Waals surface area contributed by atoms with Crippen LogP contribution in [0.15, 0.2) is 18.2 Å². The average Bonchev–Trinajstić information content (AvgIpc) is 3.01. The number of hydrogen-bond acceptors (Lipinski definition) is 4. The fourth-order valence-electron chi connectivity index (χ4n) is 3.18. The van der Waals surface area contributed by atoms with Crippen LogP contribution in [-0.2, 0) is 13.0 Å². The van der Waals surface area contributed by atoms with E-state index in [1.165, 1.54) is 7.11 Å². The number of carbonyl (C=O) groups excluding carboxylic acids is 2. The van der Waals surface area contributed by atoms with Gasteiger partial charge in [-0.2, -0.15) is 0 Å². The van der Waals surface area contributed by atoms with Crippen molar-refractivity contribution in [3.8, 4) is 5.75 Å². The Balaban J connectivity index is 1.94. The Hall–Kier alpha value is -2.54. The molecule has 0 saturated carbocycles. The summed E-state index contributed by atoms with van der Waals surface area (Å²) in [6, 6.07) is 4.97. The number of rotatable bonds is 5. The van der Waals surface area contributed by atoms with E-state index >= 15 is 0 Å². The summed E-state index contributed by atoms with van der Waals surface area (Å²) in [5.74, 6) is 0.123. The standard InChI is InChI=1S/C19H23ClN4O3/c1-11(2)21-19(26)17-23-16(14-6-4-5-9-24(14)17)18(25)22-13-10-12(20)7-8-15(13)27-3/h7-8,10-11H,4-6,9H2,1-3H3,(H,21,26)(H,22,25). The Kier molecular flexibility index (Phi) is 5.70. The van der Waals surface area contributed by atoms with E-state index < -0.39 is 0 Å². The topological polar surface area (TPSA) is 85.2 Å². The van der Waals surface area contributed by atoms with Crippen molar-refractivity contribution in [1.29, 1.82) is 0 Å². The van der Waals surface area contributed by atoms with Gasteiger partial charge < -0.3 is 19.9 Å². The molecule has 0 spiro atoms. The quantitative estimate of drug-likeness (QED) is 0.820. The van der Waals surface area contributed by atoms with Crippen molar-refractivity contribution in [2.24, 2.45) is 0 Å². The maximum absolute atomic E-state index is 12.9. The van der Waals surface area contributed by atoms with Crippen LogP contribution in [0.4, 0.5) is 5.69 Å². The van der Waals surface area contributed by atoms with Gasteiger partial charge in [-0.25, -0.2) is 4.98 Å². The molecule has 0 fully saturated rings. The van der Waals surface area contributed by atoms with Gasteiger partial charge in [0.05, 0.1) is 18.5 Å². The fraction of sp³-hybridized carbons (Fsp3) is 0.421. The summed E-state index contributed by atoms with van der Waals surface area (Å²) in [6.07, 6.45) is 2.61. The van der Waals surface area contributed by atoms with Crippen LogP contribution in [0.1, 0.15) is 53.5 Å². The van der Waals surface area contributed by atoms with Crippen molar-refractivity contribution in [2.45, 2.75) is 45.7 Å². The van der Waals surface area contributed by atoms with Gasteiger partial charge in [-0.1, -0.05) is 11.6 Å². The van der Waals surface area contributed by atoms with Gasteiger partial charge in [0.1, 0.15) is 5.75 Å². The van der Waals surface area contributed by atoms with E-state index in [1.807, 2.05) is 18.4 Å². The van der Waals surface area contributed by atoms with Gasteiger partial charge in [0, 0.05) is 17.6 Å². The van der Waals surface area contributed by atoms with Gasteiger partial charge in [0.15, 0.2) is 11.5 Å². The minimum atomic E-state index is -0.384. The lowest BCUT2D eigenvalue weighted by Gasteiger charge is -2.17. The number of nitrogens with zero attached hydrogens (tertiary/aromatic N) is 2. The number of hydrogen-bond donors (Lipinski definition) is 2. The van der Waals surface area contributed by atoms with E-state index in [2.05, 4.69) is 15.6 Å². The van der Waals surface area contributed by atoms with Crippen LogP contribution in [0.2, 0.25) is 5.02 Å². The first-order chi connectivity index (χ1) is 12.9.